The van der Waals surface area contributed by atoms with Gasteiger partial charge in [-0.2, -0.15) is 0 Å². The van der Waals surface area contributed by atoms with E-state index in [1.807, 2.05) is 21.0 Å². The Morgan fingerprint density at radius 3 is 2.42 bits per heavy atom. The number of halogens is 2. The van der Waals surface area contributed by atoms with Gasteiger partial charge in [0.2, 0.25) is 0 Å². The highest BCUT2D eigenvalue weighted by atomic mass is 19.1. The number of nitrogens with zero attached hydrogens (tertiary/aromatic N) is 1. The van der Waals surface area contributed by atoms with Crippen molar-refractivity contribution < 1.29 is 8.78 Å². The zero-order valence-corrected chi connectivity index (χ0v) is 12.4. The summed E-state index contributed by atoms with van der Waals surface area (Å²) in [7, 11) is 4.07. The Bertz CT molecular complexity index is 417. The van der Waals surface area contributed by atoms with Gasteiger partial charge in [0.15, 0.2) is 0 Å². The summed E-state index contributed by atoms with van der Waals surface area (Å²) < 4.78 is 26.5. The lowest BCUT2D eigenvalue weighted by atomic mass is 9.92. The third-order valence-corrected chi connectivity index (χ3v) is 3.06. The van der Waals surface area contributed by atoms with E-state index in [1.54, 1.807) is 0 Å². The van der Waals surface area contributed by atoms with Crippen molar-refractivity contribution in [3.63, 3.8) is 0 Å². The van der Waals surface area contributed by atoms with Crippen LogP contribution in [0.5, 0.6) is 0 Å². The van der Waals surface area contributed by atoms with Crippen LogP contribution in [0.15, 0.2) is 18.2 Å². The minimum atomic E-state index is -0.540. The number of rotatable bonds is 6. The number of benzene rings is 1. The molecule has 0 saturated heterocycles. The summed E-state index contributed by atoms with van der Waals surface area (Å²) in [5, 5.41) is 3.32. The van der Waals surface area contributed by atoms with E-state index in [1.165, 1.54) is 12.1 Å². The van der Waals surface area contributed by atoms with Gasteiger partial charge in [-0.3, -0.25) is 0 Å². The molecule has 0 aliphatic carbocycles. The molecule has 1 rings (SSSR count). The summed E-state index contributed by atoms with van der Waals surface area (Å²) in [5.41, 5.74) is 0.593. The Morgan fingerprint density at radius 2 is 1.89 bits per heavy atom. The molecule has 1 atom stereocenters. The summed E-state index contributed by atoms with van der Waals surface area (Å²) in [6, 6.07) is 3.59. The molecule has 0 saturated carbocycles. The normalized spacial score (nSPS) is 13.9. The maximum Gasteiger partial charge on any atom is 0.130 e. The zero-order valence-electron chi connectivity index (χ0n) is 12.4. The molecule has 4 heteroatoms. The molecule has 0 heterocycles. The van der Waals surface area contributed by atoms with Crippen LogP contribution in [0.3, 0.4) is 0 Å². The summed E-state index contributed by atoms with van der Waals surface area (Å²) in [6.45, 7) is 7.92. The highest BCUT2D eigenvalue weighted by Gasteiger charge is 2.20. The van der Waals surface area contributed by atoms with Crippen molar-refractivity contribution in [3.8, 4) is 0 Å². The van der Waals surface area contributed by atoms with Crippen LogP contribution in [0.25, 0.3) is 0 Å². The van der Waals surface area contributed by atoms with E-state index >= 15 is 0 Å². The van der Waals surface area contributed by atoms with E-state index in [4.69, 9.17) is 0 Å². The largest absolute Gasteiger partial charge is 0.310 e. The lowest BCUT2D eigenvalue weighted by Crippen LogP contribution is -2.38. The summed E-state index contributed by atoms with van der Waals surface area (Å²) >= 11 is 0. The minimum Gasteiger partial charge on any atom is -0.310 e. The third-order valence-electron chi connectivity index (χ3n) is 3.06. The molecule has 19 heavy (non-hydrogen) atoms. The van der Waals surface area contributed by atoms with Crippen LogP contribution in [-0.2, 0) is 0 Å². The van der Waals surface area contributed by atoms with Crippen LogP contribution in [-0.4, -0.2) is 32.1 Å². The van der Waals surface area contributed by atoms with Crippen molar-refractivity contribution >= 4 is 0 Å². The zero-order chi connectivity index (χ0) is 14.6. The molecule has 0 aromatic heterocycles. The van der Waals surface area contributed by atoms with Crippen LogP contribution in [0.2, 0.25) is 0 Å². The topological polar surface area (TPSA) is 15.3 Å². The number of hydrogen-bond acceptors (Lipinski definition) is 2. The van der Waals surface area contributed by atoms with Gasteiger partial charge in [-0.15, -0.1) is 0 Å². The second-order valence-corrected chi connectivity index (χ2v) is 6.17. The molecule has 0 radical (unpaired) electrons. The lowest BCUT2D eigenvalue weighted by Gasteiger charge is -2.30. The van der Waals surface area contributed by atoms with Gasteiger partial charge in [0, 0.05) is 30.8 Å². The van der Waals surface area contributed by atoms with Crippen molar-refractivity contribution in [2.24, 2.45) is 5.41 Å². The SMILES string of the molecule is CC(NCC(C)(C)CN(C)C)c1ccc(F)cc1F. The molecule has 0 aliphatic heterocycles. The van der Waals surface area contributed by atoms with E-state index in [0.29, 0.717) is 5.56 Å². The summed E-state index contributed by atoms with van der Waals surface area (Å²) in [6.07, 6.45) is 0. The Balaban J connectivity index is 2.62. The van der Waals surface area contributed by atoms with Gasteiger partial charge in [-0.1, -0.05) is 19.9 Å². The van der Waals surface area contributed by atoms with Crippen LogP contribution in [0.1, 0.15) is 32.4 Å². The predicted molar refractivity (Wildman–Crippen MR) is 75.1 cm³/mol. The Labute approximate surface area is 114 Å². The highest BCUT2D eigenvalue weighted by molar-refractivity contribution is 5.21. The molecular weight excluding hydrogens is 246 g/mol. The maximum absolute atomic E-state index is 13.6. The third kappa shape index (κ3) is 5.25. The Kier molecular flexibility index (Phi) is 5.44. The van der Waals surface area contributed by atoms with E-state index in [9.17, 15) is 8.78 Å². The molecule has 108 valence electrons. The van der Waals surface area contributed by atoms with Crippen molar-refractivity contribution in [1.82, 2.24) is 10.2 Å². The van der Waals surface area contributed by atoms with Crippen molar-refractivity contribution in [2.75, 3.05) is 27.2 Å². The first-order chi connectivity index (χ1) is 8.71. The van der Waals surface area contributed by atoms with Crippen molar-refractivity contribution in [2.45, 2.75) is 26.8 Å². The van der Waals surface area contributed by atoms with E-state index in [0.717, 1.165) is 19.2 Å². The van der Waals surface area contributed by atoms with E-state index < -0.39 is 11.6 Å². The fourth-order valence-corrected chi connectivity index (χ4v) is 2.30. The Hall–Kier alpha value is -1.00. The lowest BCUT2D eigenvalue weighted by molar-refractivity contribution is 0.226. The standard InChI is InChI=1S/C15H24F2N2/c1-11(13-7-6-12(16)8-14(13)17)18-9-15(2,3)10-19(4)5/h6-8,11,18H,9-10H2,1-5H3. The smallest absolute Gasteiger partial charge is 0.130 e. The monoisotopic (exact) mass is 270 g/mol. The Morgan fingerprint density at radius 1 is 1.26 bits per heavy atom. The molecule has 0 fully saturated rings. The average molecular weight is 270 g/mol. The fraction of sp³-hybridized carbons (Fsp3) is 0.600. The fourth-order valence-electron chi connectivity index (χ4n) is 2.30. The molecule has 0 spiro atoms. The first-order valence-corrected chi connectivity index (χ1v) is 6.54. The van der Waals surface area contributed by atoms with Crippen LogP contribution < -0.4 is 5.32 Å². The summed E-state index contributed by atoms with van der Waals surface area (Å²) in [4.78, 5) is 2.13. The molecular formula is C15H24F2N2. The van der Waals surface area contributed by atoms with Gasteiger partial charge in [-0.25, -0.2) is 8.78 Å². The molecule has 0 aliphatic rings. The van der Waals surface area contributed by atoms with E-state index in [-0.39, 0.29) is 11.5 Å². The first-order valence-electron chi connectivity index (χ1n) is 6.54. The number of hydrogen-bond donors (Lipinski definition) is 1. The molecule has 1 aromatic carbocycles. The van der Waals surface area contributed by atoms with Gasteiger partial charge in [0.25, 0.3) is 0 Å². The van der Waals surface area contributed by atoms with Crippen LogP contribution >= 0.6 is 0 Å². The van der Waals surface area contributed by atoms with Gasteiger partial charge < -0.3 is 10.2 Å². The molecule has 0 amide bonds. The molecule has 0 bridgehead atoms. The van der Waals surface area contributed by atoms with Gasteiger partial charge in [-0.05, 0) is 32.5 Å². The number of nitrogens with one attached hydrogen (secondary N) is 1. The minimum absolute atomic E-state index is 0.0915. The molecule has 1 aromatic rings. The van der Waals surface area contributed by atoms with Crippen LogP contribution in [0, 0.1) is 17.0 Å². The average Bonchev–Trinajstić information content (AvgIpc) is 2.24. The van der Waals surface area contributed by atoms with Gasteiger partial charge in [0.1, 0.15) is 11.6 Å². The predicted octanol–water partition coefficient (Wildman–Crippen LogP) is 3.20. The molecule has 2 nitrogen and oxygen atoms in total. The van der Waals surface area contributed by atoms with Crippen molar-refractivity contribution in [1.29, 1.82) is 0 Å². The van der Waals surface area contributed by atoms with Crippen LogP contribution in [0.4, 0.5) is 8.78 Å². The van der Waals surface area contributed by atoms with Gasteiger partial charge in [0.05, 0.1) is 0 Å². The van der Waals surface area contributed by atoms with Crippen molar-refractivity contribution in [3.05, 3.63) is 35.4 Å². The van der Waals surface area contributed by atoms with Gasteiger partial charge >= 0.3 is 0 Å². The van der Waals surface area contributed by atoms with E-state index in [2.05, 4.69) is 24.1 Å². The highest BCUT2D eigenvalue weighted by Crippen LogP contribution is 2.20. The first kappa shape index (κ1) is 16.1. The second kappa shape index (κ2) is 6.44. The molecule has 1 unspecified atom stereocenters. The summed E-state index contributed by atoms with van der Waals surface area (Å²) in [5.74, 6) is -1.04. The second-order valence-electron chi connectivity index (χ2n) is 6.17. The molecule has 1 N–H and O–H groups in total. The quantitative estimate of drug-likeness (QED) is 0.854. The maximum atomic E-state index is 13.6.